The predicted octanol–water partition coefficient (Wildman–Crippen LogP) is 3.49. The molecule has 0 saturated carbocycles. The molecule has 1 aromatic heterocycles. The van der Waals surface area contributed by atoms with Crippen molar-refractivity contribution in [2.75, 3.05) is 20.6 Å². The largest absolute Gasteiger partial charge is 0.508 e. The Morgan fingerprint density at radius 2 is 2.00 bits per heavy atom. The molecule has 0 bridgehead atoms. The van der Waals surface area contributed by atoms with Crippen LogP contribution < -0.4 is 0 Å². The van der Waals surface area contributed by atoms with E-state index in [4.69, 9.17) is 0 Å². The quantitative estimate of drug-likeness (QED) is 0.932. The van der Waals surface area contributed by atoms with Gasteiger partial charge in [0.05, 0.1) is 0 Å². The number of hydrogen-bond donors (Lipinski definition) is 1. The van der Waals surface area contributed by atoms with Crippen LogP contribution in [0, 0.1) is 0 Å². The van der Waals surface area contributed by atoms with Crippen LogP contribution in [0.3, 0.4) is 0 Å². The van der Waals surface area contributed by atoms with E-state index in [1.54, 1.807) is 17.4 Å². The van der Waals surface area contributed by atoms with Crippen molar-refractivity contribution in [3.05, 3.63) is 51.7 Å². The molecule has 1 atom stereocenters. The number of nitrogens with zero attached hydrogens (tertiary/aromatic N) is 2. The molecule has 114 valence electrons. The number of rotatable bonds is 4. The van der Waals surface area contributed by atoms with E-state index in [9.17, 15) is 5.11 Å². The average molecular weight is 325 g/mol. The number of likely N-dealkylation sites (N-methyl/N-ethyl adjacent to an activating group) is 1. The second-order valence-electron chi connectivity index (χ2n) is 5.66. The predicted molar refractivity (Wildman–Crippen MR) is 90.2 cm³/mol. The van der Waals surface area contributed by atoms with Crippen LogP contribution in [0.5, 0.6) is 5.75 Å². The molecular formula is C16H21ClN2OS. The highest BCUT2D eigenvalue weighted by Gasteiger charge is 2.24. The summed E-state index contributed by atoms with van der Waals surface area (Å²) in [7, 11) is 4.27. The molecule has 2 aromatic rings. The van der Waals surface area contributed by atoms with Crippen LogP contribution in [-0.4, -0.2) is 35.5 Å². The number of thiophene rings is 1. The number of aromatic hydroxyl groups is 1. The van der Waals surface area contributed by atoms with Gasteiger partial charge in [0, 0.05) is 25.7 Å². The Bertz CT molecular complexity index is 586. The fourth-order valence-electron chi connectivity index (χ4n) is 2.86. The van der Waals surface area contributed by atoms with Gasteiger partial charge in [0.15, 0.2) is 0 Å². The molecule has 3 nitrogen and oxygen atoms in total. The Hall–Kier alpha value is -1.07. The number of benzene rings is 1. The minimum Gasteiger partial charge on any atom is -0.508 e. The van der Waals surface area contributed by atoms with Gasteiger partial charge in [0.25, 0.3) is 0 Å². The molecule has 0 radical (unpaired) electrons. The van der Waals surface area contributed by atoms with E-state index in [0.717, 1.165) is 19.6 Å². The van der Waals surface area contributed by atoms with Crippen LogP contribution in [0.4, 0.5) is 0 Å². The summed E-state index contributed by atoms with van der Waals surface area (Å²) in [5.41, 5.74) is 3.98. The highest BCUT2D eigenvalue weighted by Crippen LogP contribution is 2.29. The van der Waals surface area contributed by atoms with E-state index in [0.29, 0.717) is 11.8 Å². The Balaban J connectivity index is 0.00000161. The third kappa shape index (κ3) is 3.58. The number of fused-ring (bicyclic) bond motifs is 1. The van der Waals surface area contributed by atoms with Crippen molar-refractivity contribution in [2.45, 2.75) is 19.1 Å². The fourth-order valence-corrected chi connectivity index (χ4v) is 3.56. The van der Waals surface area contributed by atoms with E-state index in [2.05, 4.69) is 40.7 Å². The van der Waals surface area contributed by atoms with Crippen molar-refractivity contribution in [3.8, 4) is 5.75 Å². The molecule has 2 heterocycles. The summed E-state index contributed by atoms with van der Waals surface area (Å²) >= 11 is 1.75. The molecule has 1 aliphatic rings. The highest BCUT2D eigenvalue weighted by molar-refractivity contribution is 7.07. The monoisotopic (exact) mass is 324 g/mol. The number of halogens is 1. The lowest BCUT2D eigenvalue weighted by Gasteiger charge is -2.28. The highest BCUT2D eigenvalue weighted by atomic mass is 35.5. The minimum absolute atomic E-state index is 0. The summed E-state index contributed by atoms with van der Waals surface area (Å²) in [5, 5.41) is 14.0. The first-order chi connectivity index (χ1) is 9.63. The number of phenols is 1. The lowest BCUT2D eigenvalue weighted by molar-refractivity contribution is 0.185. The molecule has 1 N–H and O–H groups in total. The molecule has 0 fully saturated rings. The first-order valence-electron chi connectivity index (χ1n) is 6.85. The van der Waals surface area contributed by atoms with Gasteiger partial charge in [0.1, 0.15) is 5.75 Å². The second-order valence-corrected chi connectivity index (χ2v) is 6.44. The van der Waals surface area contributed by atoms with Crippen LogP contribution in [-0.2, 0) is 13.1 Å². The molecule has 1 aliphatic heterocycles. The average Bonchev–Trinajstić information content (AvgIpc) is 3.03. The normalized spacial score (nSPS) is 15.8. The molecule has 5 heteroatoms. The molecule has 1 aromatic carbocycles. The molecule has 0 spiro atoms. The Kier molecular flexibility index (Phi) is 5.27. The minimum atomic E-state index is 0. The summed E-state index contributed by atoms with van der Waals surface area (Å²) in [6.45, 7) is 2.92. The lowest BCUT2D eigenvalue weighted by Crippen LogP contribution is -2.31. The van der Waals surface area contributed by atoms with Crippen LogP contribution in [0.2, 0.25) is 0 Å². The lowest BCUT2D eigenvalue weighted by atomic mass is 10.1. The standard InChI is InChI=1S/C16H20N2OS.ClH/c1-17(2)16(13-5-6-20-11-13)10-18-8-12-3-4-15(19)7-14(12)9-18;/h3-7,11,16,19H,8-10H2,1-2H3;1H. The van der Waals surface area contributed by atoms with Crippen molar-refractivity contribution in [1.29, 1.82) is 0 Å². The van der Waals surface area contributed by atoms with Crippen molar-refractivity contribution in [3.63, 3.8) is 0 Å². The fraction of sp³-hybridized carbons (Fsp3) is 0.375. The van der Waals surface area contributed by atoms with Crippen molar-refractivity contribution in [2.24, 2.45) is 0 Å². The van der Waals surface area contributed by atoms with Gasteiger partial charge in [-0.3, -0.25) is 4.90 Å². The first kappa shape index (κ1) is 16.3. The Morgan fingerprint density at radius 1 is 1.24 bits per heavy atom. The Morgan fingerprint density at radius 3 is 2.67 bits per heavy atom. The van der Waals surface area contributed by atoms with Crippen molar-refractivity contribution < 1.29 is 5.11 Å². The second kappa shape index (κ2) is 6.79. The SMILES string of the molecule is CN(C)C(CN1Cc2ccc(O)cc2C1)c1ccsc1.Cl. The van der Waals surface area contributed by atoms with Gasteiger partial charge in [-0.25, -0.2) is 0 Å². The van der Waals surface area contributed by atoms with Crippen molar-refractivity contribution >= 4 is 23.7 Å². The summed E-state index contributed by atoms with van der Waals surface area (Å²) in [5.74, 6) is 0.368. The molecule has 0 aliphatic carbocycles. The van der Waals surface area contributed by atoms with Crippen LogP contribution in [0.25, 0.3) is 0 Å². The molecule has 0 saturated heterocycles. The zero-order valence-electron chi connectivity index (χ0n) is 12.3. The summed E-state index contributed by atoms with van der Waals surface area (Å²) in [4.78, 5) is 4.73. The maximum atomic E-state index is 9.58. The third-order valence-corrected chi connectivity index (χ3v) is 4.66. The molecule has 3 rings (SSSR count). The number of hydrogen-bond acceptors (Lipinski definition) is 4. The van der Waals surface area contributed by atoms with Crippen molar-refractivity contribution in [1.82, 2.24) is 9.80 Å². The molecular weight excluding hydrogens is 304 g/mol. The summed E-state index contributed by atoms with van der Waals surface area (Å²) < 4.78 is 0. The maximum Gasteiger partial charge on any atom is 0.115 e. The zero-order valence-corrected chi connectivity index (χ0v) is 14.0. The van der Waals surface area contributed by atoms with E-state index in [-0.39, 0.29) is 12.4 Å². The van der Waals surface area contributed by atoms with E-state index >= 15 is 0 Å². The topological polar surface area (TPSA) is 26.7 Å². The molecule has 0 amide bonds. The maximum absolute atomic E-state index is 9.58. The van der Waals surface area contributed by atoms with Gasteiger partial charge in [-0.2, -0.15) is 11.3 Å². The van der Waals surface area contributed by atoms with E-state index < -0.39 is 0 Å². The number of phenolic OH excluding ortho intramolecular Hbond substituents is 1. The Labute approximate surface area is 136 Å². The molecule has 1 unspecified atom stereocenters. The van der Waals surface area contributed by atoms with Gasteiger partial charge in [-0.05, 0) is 59.7 Å². The van der Waals surface area contributed by atoms with Crippen LogP contribution in [0.1, 0.15) is 22.7 Å². The summed E-state index contributed by atoms with van der Waals surface area (Å²) in [6, 6.07) is 8.35. The third-order valence-electron chi connectivity index (χ3n) is 3.96. The van der Waals surface area contributed by atoms with Gasteiger partial charge < -0.3 is 10.0 Å². The van der Waals surface area contributed by atoms with Crippen LogP contribution in [0.15, 0.2) is 35.0 Å². The first-order valence-corrected chi connectivity index (χ1v) is 7.79. The van der Waals surface area contributed by atoms with Gasteiger partial charge in [-0.15, -0.1) is 12.4 Å². The van der Waals surface area contributed by atoms with E-state index in [1.165, 1.54) is 16.7 Å². The summed E-state index contributed by atoms with van der Waals surface area (Å²) in [6.07, 6.45) is 0. The van der Waals surface area contributed by atoms with Gasteiger partial charge in [-0.1, -0.05) is 6.07 Å². The van der Waals surface area contributed by atoms with Gasteiger partial charge in [0.2, 0.25) is 0 Å². The van der Waals surface area contributed by atoms with Gasteiger partial charge >= 0.3 is 0 Å². The smallest absolute Gasteiger partial charge is 0.115 e. The van der Waals surface area contributed by atoms with E-state index in [1.807, 2.05) is 12.1 Å². The van der Waals surface area contributed by atoms with Crippen LogP contribution >= 0.6 is 23.7 Å². The molecule has 21 heavy (non-hydrogen) atoms. The zero-order chi connectivity index (χ0) is 14.1.